The van der Waals surface area contributed by atoms with E-state index in [0.29, 0.717) is 16.9 Å². The van der Waals surface area contributed by atoms with Gasteiger partial charge in [-0.3, -0.25) is 0 Å². The summed E-state index contributed by atoms with van der Waals surface area (Å²) in [7, 11) is 0. The maximum atomic E-state index is 13.5. The molecule has 30 heavy (non-hydrogen) atoms. The molecule has 1 heterocycles. The van der Waals surface area contributed by atoms with Crippen LogP contribution in [0.3, 0.4) is 0 Å². The topological polar surface area (TPSA) is 94.6 Å². The van der Waals surface area contributed by atoms with Crippen molar-refractivity contribution in [3.63, 3.8) is 0 Å². The molecule has 1 unspecified atom stereocenters. The average molecular weight is 408 g/mol. The van der Waals surface area contributed by atoms with Crippen LogP contribution in [0.4, 0.5) is 4.39 Å². The van der Waals surface area contributed by atoms with Gasteiger partial charge in [0.05, 0.1) is 18.1 Å². The summed E-state index contributed by atoms with van der Waals surface area (Å²) >= 11 is 0. The molecule has 154 valence electrons. The molecule has 1 aliphatic heterocycles. The first-order valence-corrected chi connectivity index (χ1v) is 9.37. The fraction of sp³-hybridized carbons (Fsp3) is 0.217. The molecular formula is C23H21FN2O4. The quantitative estimate of drug-likeness (QED) is 0.725. The van der Waals surface area contributed by atoms with Crippen LogP contribution in [-0.2, 0) is 20.9 Å². The van der Waals surface area contributed by atoms with Crippen molar-refractivity contribution in [2.75, 3.05) is 6.61 Å². The highest BCUT2D eigenvalue weighted by Crippen LogP contribution is 2.43. The van der Waals surface area contributed by atoms with Gasteiger partial charge in [0.25, 0.3) is 0 Å². The number of nitriles is 1. The fourth-order valence-corrected chi connectivity index (χ4v) is 3.30. The second-order valence-corrected chi connectivity index (χ2v) is 6.57. The third-order valence-corrected chi connectivity index (χ3v) is 4.61. The van der Waals surface area contributed by atoms with Crippen molar-refractivity contribution in [1.29, 1.82) is 5.26 Å². The van der Waals surface area contributed by atoms with Crippen LogP contribution in [0.15, 0.2) is 71.3 Å². The minimum atomic E-state index is -0.813. The van der Waals surface area contributed by atoms with Gasteiger partial charge in [-0.05, 0) is 37.6 Å². The smallest absolute Gasteiger partial charge is 0.338 e. The summed E-state index contributed by atoms with van der Waals surface area (Å²) in [5.74, 6) is -1.15. The molecule has 0 saturated carbocycles. The van der Waals surface area contributed by atoms with Gasteiger partial charge in [-0.15, -0.1) is 0 Å². The van der Waals surface area contributed by atoms with Gasteiger partial charge in [0.2, 0.25) is 5.88 Å². The van der Waals surface area contributed by atoms with Crippen LogP contribution in [0, 0.1) is 17.1 Å². The number of halogens is 1. The highest BCUT2D eigenvalue weighted by atomic mass is 19.1. The summed E-state index contributed by atoms with van der Waals surface area (Å²) in [6.45, 7) is 3.56. The van der Waals surface area contributed by atoms with E-state index in [-0.39, 0.29) is 41.8 Å². The standard InChI is InChI=1S/C23H21FN2O4/c1-3-28-23(27)20-14(2)30-22(26)18(12-25)21(20)17-9-4-5-10-19(17)29-13-15-7-6-8-16(24)11-15/h4-11,21H,3,13,26H2,1-2H3. The summed E-state index contributed by atoms with van der Waals surface area (Å²) in [6, 6.07) is 15.1. The Bertz CT molecular complexity index is 1070. The molecule has 2 aromatic carbocycles. The largest absolute Gasteiger partial charge is 0.489 e. The first-order valence-electron chi connectivity index (χ1n) is 9.37. The Morgan fingerprint density at radius 3 is 2.73 bits per heavy atom. The van der Waals surface area contributed by atoms with E-state index in [9.17, 15) is 14.4 Å². The van der Waals surface area contributed by atoms with Gasteiger partial charge < -0.3 is 19.9 Å². The number of carbonyl (C=O) groups is 1. The maximum absolute atomic E-state index is 13.5. The maximum Gasteiger partial charge on any atom is 0.338 e. The number of nitrogens with zero attached hydrogens (tertiary/aromatic N) is 1. The van der Waals surface area contributed by atoms with Crippen molar-refractivity contribution < 1.29 is 23.4 Å². The Morgan fingerprint density at radius 2 is 2.03 bits per heavy atom. The second kappa shape index (κ2) is 9.14. The molecule has 2 aromatic rings. The molecular weight excluding hydrogens is 387 g/mol. The van der Waals surface area contributed by atoms with E-state index in [2.05, 4.69) is 0 Å². The van der Waals surface area contributed by atoms with Crippen LogP contribution in [0.25, 0.3) is 0 Å². The Kier molecular flexibility index (Phi) is 6.38. The highest BCUT2D eigenvalue weighted by Gasteiger charge is 2.37. The number of nitrogens with two attached hydrogens (primary N) is 1. The normalized spacial score (nSPS) is 16.0. The van der Waals surface area contributed by atoms with Gasteiger partial charge >= 0.3 is 5.97 Å². The predicted octanol–water partition coefficient (Wildman–Crippen LogP) is 4.05. The van der Waals surface area contributed by atoms with E-state index in [4.69, 9.17) is 19.9 Å². The van der Waals surface area contributed by atoms with E-state index >= 15 is 0 Å². The minimum Gasteiger partial charge on any atom is -0.489 e. The Labute approximate surface area is 174 Å². The SMILES string of the molecule is CCOC(=O)C1=C(C)OC(N)=C(C#N)C1c1ccccc1OCc1cccc(F)c1. The number of benzene rings is 2. The van der Waals surface area contributed by atoms with Crippen molar-refractivity contribution in [3.05, 3.63) is 88.3 Å². The molecule has 7 heteroatoms. The second-order valence-electron chi connectivity index (χ2n) is 6.57. The molecule has 0 spiro atoms. The molecule has 0 radical (unpaired) electrons. The number of esters is 1. The van der Waals surface area contributed by atoms with Crippen LogP contribution in [-0.4, -0.2) is 12.6 Å². The molecule has 0 saturated heterocycles. The van der Waals surface area contributed by atoms with Gasteiger partial charge in [0.15, 0.2) is 0 Å². The molecule has 0 bridgehead atoms. The van der Waals surface area contributed by atoms with Gasteiger partial charge in [-0.1, -0.05) is 30.3 Å². The number of ether oxygens (including phenoxy) is 3. The molecule has 0 aromatic heterocycles. The van der Waals surface area contributed by atoms with Crippen LogP contribution < -0.4 is 10.5 Å². The van der Waals surface area contributed by atoms with E-state index in [0.717, 1.165) is 0 Å². The molecule has 0 aliphatic carbocycles. The predicted molar refractivity (Wildman–Crippen MR) is 107 cm³/mol. The first kappa shape index (κ1) is 20.9. The molecule has 2 N–H and O–H groups in total. The van der Waals surface area contributed by atoms with Crippen molar-refractivity contribution in [2.45, 2.75) is 26.4 Å². The van der Waals surface area contributed by atoms with Crippen LogP contribution in [0.2, 0.25) is 0 Å². The number of allylic oxidation sites excluding steroid dienone is 2. The van der Waals surface area contributed by atoms with Crippen LogP contribution in [0.1, 0.15) is 30.9 Å². The van der Waals surface area contributed by atoms with E-state index in [1.165, 1.54) is 12.1 Å². The van der Waals surface area contributed by atoms with Crippen molar-refractivity contribution >= 4 is 5.97 Å². The lowest BCUT2D eigenvalue weighted by atomic mass is 9.82. The monoisotopic (exact) mass is 408 g/mol. The highest BCUT2D eigenvalue weighted by molar-refractivity contribution is 5.92. The molecule has 0 fully saturated rings. The van der Waals surface area contributed by atoms with Crippen molar-refractivity contribution in [1.82, 2.24) is 0 Å². The van der Waals surface area contributed by atoms with E-state index < -0.39 is 11.9 Å². The number of hydrogen-bond donors (Lipinski definition) is 1. The number of rotatable bonds is 6. The zero-order chi connectivity index (χ0) is 21.7. The van der Waals surface area contributed by atoms with E-state index in [1.807, 2.05) is 6.07 Å². The summed E-state index contributed by atoms with van der Waals surface area (Å²) < 4.78 is 30.0. The summed E-state index contributed by atoms with van der Waals surface area (Å²) in [6.07, 6.45) is 0. The molecule has 6 nitrogen and oxygen atoms in total. The molecule has 0 amide bonds. The van der Waals surface area contributed by atoms with Crippen LogP contribution >= 0.6 is 0 Å². The summed E-state index contributed by atoms with van der Waals surface area (Å²) in [5, 5.41) is 9.71. The molecule has 1 atom stereocenters. The molecule has 3 rings (SSSR count). The van der Waals surface area contributed by atoms with E-state index in [1.54, 1.807) is 50.2 Å². The molecule has 1 aliphatic rings. The number of carbonyl (C=O) groups excluding carboxylic acids is 1. The lowest BCUT2D eigenvalue weighted by Crippen LogP contribution is -2.26. The van der Waals surface area contributed by atoms with Gasteiger partial charge in [0, 0.05) is 5.56 Å². The van der Waals surface area contributed by atoms with Crippen molar-refractivity contribution in [2.24, 2.45) is 5.73 Å². The van der Waals surface area contributed by atoms with Crippen molar-refractivity contribution in [3.8, 4) is 11.8 Å². The summed E-state index contributed by atoms with van der Waals surface area (Å²) in [4.78, 5) is 12.7. The first-order chi connectivity index (χ1) is 14.5. The Morgan fingerprint density at radius 1 is 1.27 bits per heavy atom. The lowest BCUT2D eigenvalue weighted by Gasteiger charge is -2.28. The third kappa shape index (κ3) is 4.28. The lowest BCUT2D eigenvalue weighted by molar-refractivity contribution is -0.139. The zero-order valence-electron chi connectivity index (χ0n) is 16.6. The Hall–Kier alpha value is -3.79. The third-order valence-electron chi connectivity index (χ3n) is 4.61. The Balaban J connectivity index is 2.03. The average Bonchev–Trinajstić information content (AvgIpc) is 2.72. The zero-order valence-corrected chi connectivity index (χ0v) is 16.6. The number of hydrogen-bond acceptors (Lipinski definition) is 6. The van der Waals surface area contributed by atoms with Crippen LogP contribution in [0.5, 0.6) is 5.75 Å². The van der Waals surface area contributed by atoms with Gasteiger partial charge in [-0.2, -0.15) is 5.26 Å². The minimum absolute atomic E-state index is 0.0759. The summed E-state index contributed by atoms with van der Waals surface area (Å²) in [5.41, 5.74) is 7.41. The number of para-hydroxylation sites is 1. The fourth-order valence-electron chi connectivity index (χ4n) is 3.30. The van der Waals surface area contributed by atoms with Gasteiger partial charge in [-0.25, -0.2) is 9.18 Å². The van der Waals surface area contributed by atoms with Gasteiger partial charge in [0.1, 0.15) is 35.6 Å².